The van der Waals surface area contributed by atoms with E-state index in [2.05, 4.69) is 32.1 Å². The van der Waals surface area contributed by atoms with Gasteiger partial charge >= 0.3 is 6.09 Å². The molecule has 0 radical (unpaired) electrons. The molecule has 6 rings (SSSR count). The number of nitrogens with zero attached hydrogens (tertiary/aromatic N) is 6. The fraction of sp³-hybridized carbons (Fsp3) is 0.833. The second-order valence-corrected chi connectivity index (χ2v) is 13.9. The van der Waals surface area contributed by atoms with Crippen molar-refractivity contribution in [2.75, 3.05) is 39.3 Å². The molecule has 3 fully saturated rings. The van der Waals surface area contributed by atoms with Gasteiger partial charge in [0.05, 0.1) is 12.1 Å². The third-order valence-corrected chi connectivity index (χ3v) is 9.24. The van der Waals surface area contributed by atoms with Gasteiger partial charge in [0.2, 0.25) is 0 Å². The molecule has 2 saturated carbocycles. The summed E-state index contributed by atoms with van der Waals surface area (Å²) in [5.41, 5.74) is 0.854. The Kier molecular flexibility index (Phi) is 8.62. The number of aliphatic imine (C=N–C) groups is 4. The highest BCUT2D eigenvalue weighted by Crippen LogP contribution is 2.33. The molecule has 4 heterocycles. The van der Waals surface area contributed by atoms with Gasteiger partial charge in [-0.15, -0.1) is 0 Å². The molecule has 0 aromatic heterocycles. The van der Waals surface area contributed by atoms with Gasteiger partial charge in [-0.2, -0.15) is 0 Å². The van der Waals surface area contributed by atoms with Crippen molar-refractivity contribution in [2.24, 2.45) is 37.7 Å². The van der Waals surface area contributed by atoms with Crippen LogP contribution in [-0.4, -0.2) is 109 Å². The topological polar surface area (TPSA) is 118 Å². The predicted octanol–water partition coefficient (Wildman–Crippen LogP) is 2.63. The summed E-state index contributed by atoms with van der Waals surface area (Å²) in [5, 5.41) is 10.9. The van der Waals surface area contributed by atoms with E-state index in [0.29, 0.717) is 23.9 Å². The number of rotatable bonds is 7. The van der Waals surface area contributed by atoms with E-state index < -0.39 is 5.60 Å². The lowest BCUT2D eigenvalue weighted by Crippen LogP contribution is -2.51. The van der Waals surface area contributed by atoms with Crippen LogP contribution < -0.4 is 16.0 Å². The standard InChI is InChI=1S/C30H49N9O2/c1-30(2,3)41-29(40)39-12-10-38(11-13-39)18-21-8-9-31-27(14-21)37-28-35-23-7-6-22(15-25(23)36-28)24-16-26(34-19-33-24)32-17-20-4-5-20/h9,19-23,25-27,32H,4-8,10-18H2,1-3H3,(H2,35,36,37). The van der Waals surface area contributed by atoms with E-state index in [0.717, 1.165) is 89.7 Å². The highest BCUT2D eigenvalue weighted by molar-refractivity contribution is 5.94. The molecule has 1 saturated heterocycles. The number of guanidine groups is 1. The third kappa shape index (κ3) is 7.85. The summed E-state index contributed by atoms with van der Waals surface area (Å²) in [6.07, 6.45) is 12.9. The van der Waals surface area contributed by atoms with Gasteiger partial charge in [-0.1, -0.05) is 0 Å². The molecule has 2 aliphatic carbocycles. The van der Waals surface area contributed by atoms with Crippen molar-refractivity contribution in [3.8, 4) is 0 Å². The van der Waals surface area contributed by atoms with E-state index in [4.69, 9.17) is 19.7 Å². The van der Waals surface area contributed by atoms with Crippen molar-refractivity contribution in [3.63, 3.8) is 0 Å². The summed E-state index contributed by atoms with van der Waals surface area (Å²) in [4.78, 5) is 35.8. The normalized spacial score (nSPS) is 34.0. The maximum absolute atomic E-state index is 12.4. The zero-order chi connectivity index (χ0) is 28.4. The van der Waals surface area contributed by atoms with Gasteiger partial charge in [0, 0.05) is 51.1 Å². The average Bonchev–Trinajstić information content (AvgIpc) is 3.69. The number of carbonyl (C=O) groups excluding carboxylic acids is 1. The minimum Gasteiger partial charge on any atom is -0.444 e. The van der Waals surface area contributed by atoms with E-state index in [1.165, 1.54) is 18.6 Å². The van der Waals surface area contributed by atoms with Crippen LogP contribution in [0.1, 0.15) is 72.1 Å². The molecule has 1 amide bonds. The summed E-state index contributed by atoms with van der Waals surface area (Å²) < 4.78 is 5.55. The molecule has 0 aromatic rings. The van der Waals surface area contributed by atoms with Gasteiger partial charge in [0.15, 0.2) is 5.96 Å². The molecule has 3 N–H and O–H groups in total. The lowest BCUT2D eigenvalue weighted by molar-refractivity contribution is 0.0132. The fourth-order valence-corrected chi connectivity index (χ4v) is 6.76. The van der Waals surface area contributed by atoms with E-state index in [1.54, 1.807) is 6.34 Å². The maximum atomic E-state index is 12.4. The molecule has 6 unspecified atom stereocenters. The van der Waals surface area contributed by atoms with Crippen LogP contribution in [0.3, 0.4) is 0 Å². The van der Waals surface area contributed by atoms with Crippen molar-refractivity contribution in [2.45, 2.75) is 102 Å². The Morgan fingerprint density at radius 2 is 1.88 bits per heavy atom. The molecular weight excluding hydrogens is 518 g/mol. The molecule has 226 valence electrons. The lowest BCUT2D eigenvalue weighted by atomic mass is 9.79. The van der Waals surface area contributed by atoms with Gasteiger partial charge in [0.1, 0.15) is 24.3 Å². The van der Waals surface area contributed by atoms with Gasteiger partial charge < -0.3 is 20.3 Å². The first-order valence-corrected chi connectivity index (χ1v) is 15.9. The molecule has 0 aromatic carbocycles. The van der Waals surface area contributed by atoms with Crippen LogP contribution in [0.2, 0.25) is 0 Å². The first-order valence-electron chi connectivity index (χ1n) is 15.9. The van der Waals surface area contributed by atoms with Crippen molar-refractivity contribution >= 4 is 30.3 Å². The molecule has 11 nitrogen and oxygen atoms in total. The molecule has 41 heavy (non-hydrogen) atoms. The molecular formula is C30H49N9O2. The largest absolute Gasteiger partial charge is 0.444 e. The Balaban J connectivity index is 0.924. The highest BCUT2D eigenvalue weighted by atomic mass is 16.6. The quantitative estimate of drug-likeness (QED) is 0.435. The summed E-state index contributed by atoms with van der Waals surface area (Å²) >= 11 is 0. The van der Waals surface area contributed by atoms with Crippen LogP contribution in [0.25, 0.3) is 0 Å². The van der Waals surface area contributed by atoms with E-state index in [9.17, 15) is 4.79 Å². The van der Waals surface area contributed by atoms with Crippen LogP contribution in [0.5, 0.6) is 0 Å². The predicted molar refractivity (Wildman–Crippen MR) is 163 cm³/mol. The first kappa shape index (κ1) is 28.6. The minimum atomic E-state index is -0.453. The van der Waals surface area contributed by atoms with Crippen LogP contribution >= 0.6 is 0 Å². The SMILES string of the molecule is CC(C)(C)OC(=O)N1CCN(CC2CC=NC(NC3=NC4CCC(C5=NC=NC(NCC6CC6)C5)CC4N3)C2)CC1. The Bertz CT molecular complexity index is 1050. The maximum Gasteiger partial charge on any atom is 0.410 e. The zero-order valence-electron chi connectivity index (χ0n) is 25.1. The Hall–Kier alpha value is -2.53. The molecule has 0 bridgehead atoms. The molecule has 6 aliphatic rings. The van der Waals surface area contributed by atoms with Crippen LogP contribution in [0.15, 0.2) is 20.0 Å². The number of hydrogen-bond acceptors (Lipinski definition) is 10. The summed E-state index contributed by atoms with van der Waals surface area (Å²) in [6.45, 7) is 11.1. The number of fused-ring (bicyclic) bond motifs is 1. The first-order chi connectivity index (χ1) is 19.8. The van der Waals surface area contributed by atoms with Gasteiger partial charge in [-0.05, 0) is 90.0 Å². The average molecular weight is 568 g/mol. The Morgan fingerprint density at radius 3 is 2.66 bits per heavy atom. The number of nitrogens with one attached hydrogen (secondary N) is 3. The van der Waals surface area contributed by atoms with Crippen LogP contribution in [0, 0.1) is 17.8 Å². The van der Waals surface area contributed by atoms with E-state index >= 15 is 0 Å². The fourth-order valence-electron chi connectivity index (χ4n) is 6.76. The van der Waals surface area contributed by atoms with Crippen molar-refractivity contribution in [1.29, 1.82) is 0 Å². The molecule has 6 atom stereocenters. The molecule has 11 heteroatoms. The lowest BCUT2D eigenvalue weighted by Gasteiger charge is -2.37. The smallest absolute Gasteiger partial charge is 0.410 e. The van der Waals surface area contributed by atoms with Gasteiger partial charge in [0.25, 0.3) is 0 Å². The summed E-state index contributed by atoms with van der Waals surface area (Å²) in [5.74, 6) is 2.81. The van der Waals surface area contributed by atoms with Crippen molar-refractivity contribution < 1.29 is 9.53 Å². The second-order valence-electron chi connectivity index (χ2n) is 13.9. The number of piperazine rings is 1. The van der Waals surface area contributed by atoms with Crippen LogP contribution in [0.4, 0.5) is 4.79 Å². The van der Waals surface area contributed by atoms with Crippen molar-refractivity contribution in [1.82, 2.24) is 25.8 Å². The number of amides is 1. The molecule has 0 spiro atoms. The number of hydrogen-bond donors (Lipinski definition) is 3. The van der Waals surface area contributed by atoms with Gasteiger partial charge in [-0.25, -0.2) is 14.8 Å². The molecule has 4 aliphatic heterocycles. The van der Waals surface area contributed by atoms with E-state index in [-0.39, 0.29) is 18.4 Å². The number of carbonyl (C=O) groups is 1. The van der Waals surface area contributed by atoms with E-state index in [1.807, 2.05) is 25.7 Å². The monoisotopic (exact) mass is 567 g/mol. The summed E-state index contributed by atoms with van der Waals surface area (Å²) in [6, 6.07) is 0.695. The summed E-state index contributed by atoms with van der Waals surface area (Å²) in [7, 11) is 0. The second kappa shape index (κ2) is 12.4. The Morgan fingerprint density at radius 1 is 1.05 bits per heavy atom. The van der Waals surface area contributed by atoms with Crippen LogP contribution in [-0.2, 0) is 4.74 Å². The zero-order valence-corrected chi connectivity index (χ0v) is 25.1. The third-order valence-electron chi connectivity index (χ3n) is 9.24. The highest BCUT2D eigenvalue weighted by Gasteiger charge is 2.38. The Labute approximate surface area is 244 Å². The minimum absolute atomic E-state index is 0.0521. The van der Waals surface area contributed by atoms with Gasteiger partial charge in [-0.3, -0.25) is 20.2 Å². The number of ether oxygens (including phenoxy) is 1. The van der Waals surface area contributed by atoms with Crippen molar-refractivity contribution in [3.05, 3.63) is 0 Å².